The van der Waals surface area contributed by atoms with Crippen LogP contribution in [-0.4, -0.2) is 33.6 Å². The third-order valence-electron chi connectivity index (χ3n) is 3.64. The molecule has 0 N–H and O–H groups in total. The highest BCUT2D eigenvalue weighted by Crippen LogP contribution is 2.29. The van der Waals surface area contributed by atoms with Crippen molar-refractivity contribution in [1.29, 1.82) is 0 Å². The lowest BCUT2D eigenvalue weighted by Crippen LogP contribution is -2.39. The van der Waals surface area contributed by atoms with Crippen LogP contribution in [0.1, 0.15) is 12.8 Å². The van der Waals surface area contributed by atoms with Crippen LogP contribution in [-0.2, 0) is 9.47 Å². The largest absolute Gasteiger partial charge is 0.369 e. The summed E-state index contributed by atoms with van der Waals surface area (Å²) in [6, 6.07) is 4.66. The molecule has 0 amide bonds. The van der Waals surface area contributed by atoms with Gasteiger partial charge in [-0.05, 0) is 31.0 Å². The van der Waals surface area contributed by atoms with E-state index in [0.717, 1.165) is 25.9 Å². The average Bonchev–Trinajstić information content (AvgIpc) is 2.44. The molecule has 5 heteroatoms. The zero-order valence-electron chi connectivity index (χ0n) is 11.2. The molecule has 1 saturated heterocycles. The van der Waals surface area contributed by atoms with E-state index < -0.39 is 0 Å². The van der Waals surface area contributed by atoms with Gasteiger partial charge in [-0.3, -0.25) is 0 Å². The molecular weight excluding hydrogens is 269 g/mol. The van der Waals surface area contributed by atoms with E-state index in [1.165, 1.54) is 6.07 Å². The Bertz CT molecular complexity index is 418. The lowest BCUT2D eigenvalue weighted by molar-refractivity contribution is -0.141. The van der Waals surface area contributed by atoms with E-state index in [9.17, 15) is 4.39 Å². The van der Waals surface area contributed by atoms with Crippen LogP contribution in [0.4, 0.5) is 10.1 Å². The number of nitrogens with zero attached hydrogens (tertiary/aromatic N) is 1. The average molecular weight is 288 g/mol. The molecule has 2 rings (SSSR count). The molecule has 0 saturated carbocycles. The van der Waals surface area contributed by atoms with Crippen molar-refractivity contribution in [3.05, 3.63) is 29.0 Å². The molecule has 1 aromatic carbocycles. The van der Waals surface area contributed by atoms with E-state index in [1.54, 1.807) is 26.4 Å². The molecule has 1 fully saturated rings. The van der Waals surface area contributed by atoms with Crippen molar-refractivity contribution in [3.8, 4) is 0 Å². The lowest BCUT2D eigenvalue weighted by Gasteiger charge is -2.36. The van der Waals surface area contributed by atoms with Crippen LogP contribution >= 0.6 is 11.6 Å². The second kappa shape index (κ2) is 6.55. The molecule has 0 aliphatic carbocycles. The molecule has 3 nitrogen and oxygen atoms in total. The van der Waals surface area contributed by atoms with Gasteiger partial charge in [-0.25, -0.2) is 4.39 Å². The Morgan fingerprint density at radius 3 is 2.47 bits per heavy atom. The van der Waals surface area contributed by atoms with E-state index in [-0.39, 0.29) is 12.1 Å². The predicted octanol–water partition coefficient (Wildman–Crippen LogP) is 3.31. The Balaban J connectivity index is 2.01. The summed E-state index contributed by atoms with van der Waals surface area (Å²) in [6.07, 6.45) is 1.66. The fourth-order valence-corrected chi connectivity index (χ4v) is 2.79. The van der Waals surface area contributed by atoms with Crippen molar-refractivity contribution in [1.82, 2.24) is 0 Å². The molecule has 1 aliphatic heterocycles. The maximum Gasteiger partial charge on any atom is 0.159 e. The summed E-state index contributed by atoms with van der Waals surface area (Å²) in [5.41, 5.74) is 0.581. The highest BCUT2D eigenvalue weighted by Gasteiger charge is 2.27. The van der Waals surface area contributed by atoms with Crippen LogP contribution in [0.25, 0.3) is 0 Å². The number of hydrogen-bond donors (Lipinski definition) is 0. The standard InChI is InChI=1S/C14H19ClFNO2/c1-18-14(19-2)10-5-7-17(8-6-10)13-9-11(15)3-4-12(13)16/h3-4,9-10,14H,5-8H2,1-2H3. The normalized spacial score (nSPS) is 17.2. The number of halogens is 2. The summed E-state index contributed by atoms with van der Waals surface area (Å²) < 4.78 is 24.4. The number of methoxy groups -OCH3 is 2. The summed E-state index contributed by atoms with van der Waals surface area (Å²) >= 11 is 5.93. The first-order valence-corrected chi connectivity index (χ1v) is 6.79. The zero-order valence-corrected chi connectivity index (χ0v) is 12.0. The van der Waals surface area contributed by atoms with Crippen LogP contribution in [0.5, 0.6) is 0 Å². The molecule has 0 aromatic heterocycles. The molecule has 0 radical (unpaired) electrons. The Kier molecular flexibility index (Phi) is 5.02. The van der Waals surface area contributed by atoms with Crippen molar-refractivity contribution in [2.24, 2.45) is 5.92 Å². The van der Waals surface area contributed by atoms with Gasteiger partial charge < -0.3 is 14.4 Å². The zero-order chi connectivity index (χ0) is 13.8. The van der Waals surface area contributed by atoms with Gasteiger partial charge in [-0.1, -0.05) is 11.6 Å². The molecule has 0 spiro atoms. The highest BCUT2D eigenvalue weighted by molar-refractivity contribution is 6.30. The molecule has 19 heavy (non-hydrogen) atoms. The van der Waals surface area contributed by atoms with Gasteiger partial charge in [0.15, 0.2) is 6.29 Å². The monoisotopic (exact) mass is 287 g/mol. The second-order valence-corrected chi connectivity index (χ2v) is 5.20. The fraction of sp³-hybridized carbons (Fsp3) is 0.571. The number of piperidine rings is 1. The van der Waals surface area contributed by atoms with Gasteiger partial charge in [0.25, 0.3) is 0 Å². The molecule has 106 valence electrons. The first kappa shape index (κ1) is 14.6. The van der Waals surface area contributed by atoms with Crippen LogP contribution in [0.2, 0.25) is 5.02 Å². The maximum absolute atomic E-state index is 13.8. The molecule has 1 heterocycles. The Morgan fingerprint density at radius 1 is 1.26 bits per heavy atom. The Hall–Kier alpha value is -0.840. The molecule has 0 bridgehead atoms. The summed E-state index contributed by atoms with van der Waals surface area (Å²) in [6.45, 7) is 1.57. The van der Waals surface area contributed by atoms with E-state index >= 15 is 0 Å². The third kappa shape index (κ3) is 3.38. The Morgan fingerprint density at radius 2 is 1.89 bits per heavy atom. The summed E-state index contributed by atoms with van der Waals surface area (Å²) in [4.78, 5) is 2.03. The van der Waals surface area contributed by atoms with Crippen LogP contribution < -0.4 is 4.90 Å². The lowest BCUT2D eigenvalue weighted by atomic mass is 9.95. The quantitative estimate of drug-likeness (QED) is 0.793. The molecule has 1 aromatic rings. The van der Waals surface area contributed by atoms with Crippen LogP contribution in [0.3, 0.4) is 0 Å². The first-order valence-electron chi connectivity index (χ1n) is 6.41. The minimum atomic E-state index is -0.224. The number of rotatable bonds is 4. The first-order chi connectivity index (χ1) is 9.15. The maximum atomic E-state index is 13.8. The highest BCUT2D eigenvalue weighted by atomic mass is 35.5. The van der Waals surface area contributed by atoms with Gasteiger partial charge >= 0.3 is 0 Å². The SMILES string of the molecule is COC(OC)C1CCN(c2cc(Cl)ccc2F)CC1. The van der Waals surface area contributed by atoms with E-state index in [2.05, 4.69) is 0 Å². The van der Waals surface area contributed by atoms with E-state index in [0.29, 0.717) is 16.6 Å². The summed E-state index contributed by atoms with van der Waals surface area (Å²) in [5, 5.41) is 0.560. The molecular formula is C14H19ClFNO2. The van der Waals surface area contributed by atoms with Gasteiger partial charge in [0.1, 0.15) is 5.82 Å². The van der Waals surface area contributed by atoms with Crippen LogP contribution in [0.15, 0.2) is 18.2 Å². The van der Waals surface area contributed by atoms with Crippen LogP contribution in [0, 0.1) is 11.7 Å². The topological polar surface area (TPSA) is 21.7 Å². The van der Waals surface area contributed by atoms with Crippen molar-refractivity contribution in [2.45, 2.75) is 19.1 Å². The van der Waals surface area contributed by atoms with E-state index in [1.807, 2.05) is 4.90 Å². The smallest absolute Gasteiger partial charge is 0.159 e. The predicted molar refractivity (Wildman–Crippen MR) is 74.2 cm³/mol. The molecule has 1 aliphatic rings. The Labute approximate surface area is 118 Å². The van der Waals surface area contributed by atoms with E-state index in [4.69, 9.17) is 21.1 Å². The van der Waals surface area contributed by atoms with Gasteiger partial charge in [-0.2, -0.15) is 0 Å². The minimum absolute atomic E-state index is 0.175. The number of hydrogen-bond acceptors (Lipinski definition) is 3. The van der Waals surface area contributed by atoms with Crippen molar-refractivity contribution >= 4 is 17.3 Å². The van der Waals surface area contributed by atoms with Crippen molar-refractivity contribution in [3.63, 3.8) is 0 Å². The summed E-state index contributed by atoms with van der Waals surface area (Å²) in [5.74, 6) is 0.131. The minimum Gasteiger partial charge on any atom is -0.369 e. The number of anilines is 1. The second-order valence-electron chi connectivity index (χ2n) is 4.76. The molecule has 0 atom stereocenters. The third-order valence-corrected chi connectivity index (χ3v) is 3.87. The van der Waals surface area contributed by atoms with Gasteiger partial charge in [0.05, 0.1) is 5.69 Å². The summed E-state index contributed by atoms with van der Waals surface area (Å²) in [7, 11) is 3.30. The van der Waals surface area contributed by atoms with Crippen molar-refractivity contribution in [2.75, 3.05) is 32.2 Å². The number of ether oxygens (including phenoxy) is 2. The molecule has 0 unspecified atom stereocenters. The van der Waals surface area contributed by atoms with Crippen molar-refractivity contribution < 1.29 is 13.9 Å². The number of benzene rings is 1. The van der Waals surface area contributed by atoms with Gasteiger partial charge in [0.2, 0.25) is 0 Å². The fourth-order valence-electron chi connectivity index (χ4n) is 2.62. The van der Waals surface area contributed by atoms with Gasteiger partial charge in [-0.15, -0.1) is 0 Å². The van der Waals surface area contributed by atoms with Gasteiger partial charge in [0, 0.05) is 38.2 Å².